The summed E-state index contributed by atoms with van der Waals surface area (Å²) in [6.07, 6.45) is 3.12. The van der Waals surface area contributed by atoms with Gasteiger partial charge in [-0.1, -0.05) is 11.8 Å². The van der Waals surface area contributed by atoms with Gasteiger partial charge in [-0.05, 0) is 19.9 Å². The molecule has 0 aliphatic heterocycles. The summed E-state index contributed by atoms with van der Waals surface area (Å²) in [6, 6.07) is 1.56. The molecule has 0 spiro atoms. The highest BCUT2D eigenvalue weighted by atomic mass is 32.1. The van der Waals surface area contributed by atoms with Crippen molar-refractivity contribution in [2.45, 2.75) is 19.9 Å². The second-order valence-electron chi connectivity index (χ2n) is 4.49. The number of hydrogen-bond acceptors (Lipinski definition) is 5. The number of hydrogen-bond donors (Lipinski definition) is 2. The molecule has 6 heteroatoms. The van der Waals surface area contributed by atoms with E-state index in [-0.39, 0.29) is 18.5 Å². The molecule has 2 aromatic rings. The molecule has 1 amide bonds. The summed E-state index contributed by atoms with van der Waals surface area (Å²) in [6.45, 7) is 4.11. The Morgan fingerprint density at radius 3 is 3.00 bits per heavy atom. The number of carbonyl (C=O) groups excluding carboxylic acids is 1. The summed E-state index contributed by atoms with van der Waals surface area (Å²) in [5.41, 5.74) is 7.43. The molecule has 2 rings (SSSR count). The van der Waals surface area contributed by atoms with E-state index in [1.165, 1.54) is 17.5 Å². The number of nitrogens with two attached hydrogens (primary N) is 1. The lowest BCUT2D eigenvalue weighted by Gasteiger charge is -2.11. The van der Waals surface area contributed by atoms with Crippen molar-refractivity contribution in [3.05, 3.63) is 45.7 Å². The first kappa shape index (κ1) is 15.2. The van der Waals surface area contributed by atoms with E-state index in [0.29, 0.717) is 11.1 Å². The van der Waals surface area contributed by atoms with Crippen LogP contribution < -0.4 is 11.1 Å². The monoisotopic (exact) mass is 300 g/mol. The van der Waals surface area contributed by atoms with Gasteiger partial charge in [0.15, 0.2) is 0 Å². The summed E-state index contributed by atoms with van der Waals surface area (Å²) < 4.78 is 0. The van der Waals surface area contributed by atoms with E-state index in [4.69, 9.17) is 5.73 Å². The number of rotatable bonds is 3. The van der Waals surface area contributed by atoms with Crippen molar-refractivity contribution in [1.82, 2.24) is 15.3 Å². The third-order valence-corrected chi connectivity index (χ3v) is 3.84. The minimum Gasteiger partial charge on any atom is -0.343 e. The second-order valence-corrected chi connectivity index (χ2v) is 5.38. The predicted molar refractivity (Wildman–Crippen MR) is 82.9 cm³/mol. The van der Waals surface area contributed by atoms with Gasteiger partial charge >= 0.3 is 0 Å². The molecule has 0 aliphatic carbocycles. The van der Waals surface area contributed by atoms with Gasteiger partial charge in [-0.25, -0.2) is 4.98 Å². The highest BCUT2D eigenvalue weighted by Crippen LogP contribution is 2.17. The van der Waals surface area contributed by atoms with E-state index < -0.39 is 0 Å². The molecule has 0 saturated heterocycles. The van der Waals surface area contributed by atoms with E-state index in [1.807, 2.05) is 19.2 Å². The van der Waals surface area contributed by atoms with Crippen molar-refractivity contribution in [3.8, 4) is 11.8 Å². The number of aryl methyl sites for hydroxylation is 1. The van der Waals surface area contributed by atoms with Gasteiger partial charge in [0, 0.05) is 29.0 Å². The van der Waals surface area contributed by atoms with Crippen LogP contribution in [0, 0.1) is 18.8 Å². The third-order valence-electron chi connectivity index (χ3n) is 2.69. The Balaban J connectivity index is 2.09. The van der Waals surface area contributed by atoms with Crippen molar-refractivity contribution < 1.29 is 4.79 Å². The number of amides is 1. The van der Waals surface area contributed by atoms with E-state index in [2.05, 4.69) is 27.1 Å². The first-order valence-electron chi connectivity index (χ1n) is 6.47. The van der Waals surface area contributed by atoms with Crippen LogP contribution in [0.25, 0.3) is 0 Å². The lowest BCUT2D eigenvalue weighted by Crippen LogP contribution is -2.26. The normalized spacial score (nSPS) is 11.4. The molecule has 0 bridgehead atoms. The Labute approximate surface area is 127 Å². The fraction of sp³-hybridized carbons (Fsp3) is 0.267. The molecular formula is C15H16N4OS. The SMILES string of the molecule is Cc1csc(C(C)NC(=O)c2cncc(C#CCN)c2)n1. The summed E-state index contributed by atoms with van der Waals surface area (Å²) in [5, 5.41) is 5.75. The van der Waals surface area contributed by atoms with Gasteiger partial charge in [0.25, 0.3) is 5.91 Å². The fourth-order valence-electron chi connectivity index (χ4n) is 1.70. The van der Waals surface area contributed by atoms with Crippen LogP contribution in [0.3, 0.4) is 0 Å². The zero-order valence-electron chi connectivity index (χ0n) is 11.9. The van der Waals surface area contributed by atoms with Gasteiger partial charge in [-0.15, -0.1) is 11.3 Å². The molecule has 0 aliphatic rings. The maximum absolute atomic E-state index is 12.2. The second kappa shape index (κ2) is 6.97. The zero-order valence-corrected chi connectivity index (χ0v) is 12.7. The largest absolute Gasteiger partial charge is 0.343 e. The third kappa shape index (κ3) is 4.12. The first-order chi connectivity index (χ1) is 10.1. The molecule has 0 radical (unpaired) electrons. The van der Waals surface area contributed by atoms with Crippen molar-refractivity contribution in [2.24, 2.45) is 5.73 Å². The highest BCUT2D eigenvalue weighted by molar-refractivity contribution is 7.09. The number of carbonyl (C=O) groups is 1. The molecule has 5 nitrogen and oxygen atoms in total. The Hall–Kier alpha value is -2.23. The Bertz CT molecular complexity index is 699. The van der Waals surface area contributed by atoms with Crippen molar-refractivity contribution in [3.63, 3.8) is 0 Å². The minimum atomic E-state index is -0.195. The maximum atomic E-state index is 12.2. The minimum absolute atomic E-state index is 0.144. The fourth-order valence-corrected chi connectivity index (χ4v) is 2.50. The van der Waals surface area contributed by atoms with Crippen LogP contribution in [0.2, 0.25) is 0 Å². The molecule has 0 fully saturated rings. The average Bonchev–Trinajstić information content (AvgIpc) is 2.92. The molecule has 0 saturated carbocycles. The number of nitrogens with one attached hydrogen (secondary N) is 1. The molecule has 0 aromatic carbocycles. The van der Waals surface area contributed by atoms with E-state index in [1.54, 1.807) is 12.3 Å². The number of thiazole rings is 1. The van der Waals surface area contributed by atoms with Gasteiger partial charge < -0.3 is 11.1 Å². The average molecular weight is 300 g/mol. The van der Waals surface area contributed by atoms with Crippen LogP contribution in [-0.4, -0.2) is 22.4 Å². The molecule has 3 N–H and O–H groups in total. The van der Waals surface area contributed by atoms with Crippen LogP contribution in [0.15, 0.2) is 23.8 Å². The number of pyridine rings is 1. The van der Waals surface area contributed by atoms with Gasteiger partial charge in [-0.2, -0.15) is 0 Å². The van der Waals surface area contributed by atoms with Gasteiger partial charge in [0.1, 0.15) is 5.01 Å². The van der Waals surface area contributed by atoms with Crippen LogP contribution in [-0.2, 0) is 0 Å². The molecule has 2 aromatic heterocycles. The lowest BCUT2D eigenvalue weighted by atomic mass is 10.2. The number of nitrogens with zero attached hydrogens (tertiary/aromatic N) is 2. The van der Waals surface area contributed by atoms with Crippen molar-refractivity contribution >= 4 is 17.2 Å². The zero-order chi connectivity index (χ0) is 15.2. The summed E-state index contributed by atoms with van der Waals surface area (Å²) >= 11 is 1.53. The lowest BCUT2D eigenvalue weighted by molar-refractivity contribution is 0.0939. The molecule has 1 atom stereocenters. The molecular weight excluding hydrogens is 284 g/mol. The molecule has 108 valence electrons. The number of aromatic nitrogens is 2. The topological polar surface area (TPSA) is 80.9 Å². The predicted octanol–water partition coefficient (Wildman–Crippen LogP) is 1.65. The summed E-state index contributed by atoms with van der Waals surface area (Å²) in [5.74, 6) is 5.40. The Morgan fingerprint density at radius 1 is 1.52 bits per heavy atom. The molecule has 1 unspecified atom stereocenters. The summed E-state index contributed by atoms with van der Waals surface area (Å²) in [4.78, 5) is 20.6. The van der Waals surface area contributed by atoms with Crippen LogP contribution in [0.5, 0.6) is 0 Å². The summed E-state index contributed by atoms with van der Waals surface area (Å²) in [7, 11) is 0. The van der Waals surface area contributed by atoms with Crippen molar-refractivity contribution in [1.29, 1.82) is 0 Å². The molecule has 2 heterocycles. The van der Waals surface area contributed by atoms with Gasteiger partial charge in [0.05, 0.1) is 18.2 Å². The van der Waals surface area contributed by atoms with E-state index in [0.717, 1.165) is 10.7 Å². The quantitative estimate of drug-likeness (QED) is 0.845. The maximum Gasteiger partial charge on any atom is 0.253 e. The smallest absolute Gasteiger partial charge is 0.253 e. The van der Waals surface area contributed by atoms with Gasteiger partial charge in [-0.3, -0.25) is 9.78 Å². The van der Waals surface area contributed by atoms with Crippen molar-refractivity contribution in [2.75, 3.05) is 6.54 Å². The van der Waals surface area contributed by atoms with E-state index in [9.17, 15) is 4.79 Å². The van der Waals surface area contributed by atoms with E-state index >= 15 is 0 Å². The molecule has 21 heavy (non-hydrogen) atoms. The Kier molecular flexibility index (Phi) is 5.04. The van der Waals surface area contributed by atoms with Crippen LogP contribution in [0.1, 0.15) is 39.6 Å². The van der Waals surface area contributed by atoms with Gasteiger partial charge in [0.2, 0.25) is 0 Å². The first-order valence-corrected chi connectivity index (χ1v) is 7.35. The highest BCUT2D eigenvalue weighted by Gasteiger charge is 2.14. The van der Waals surface area contributed by atoms with Crippen LogP contribution in [0.4, 0.5) is 0 Å². The van der Waals surface area contributed by atoms with Crippen LogP contribution >= 0.6 is 11.3 Å². The Morgan fingerprint density at radius 2 is 2.33 bits per heavy atom. The standard InChI is InChI=1S/C15H16N4OS/c1-10-9-21-15(18-10)11(2)19-14(20)13-6-12(4-3-5-16)7-17-8-13/h6-9,11H,5,16H2,1-2H3,(H,19,20).